The SMILES string of the molecule is CCOC(=O)C1=C(c2ccc(OC)cc2)NC(=O)NC1c1cccc(F)c1. The largest absolute Gasteiger partial charge is 0.497 e. The number of rotatable bonds is 5. The predicted molar refractivity (Wildman–Crippen MR) is 97.4 cm³/mol. The number of esters is 1. The summed E-state index contributed by atoms with van der Waals surface area (Å²) < 4.78 is 24.1. The third kappa shape index (κ3) is 3.92. The molecule has 0 bridgehead atoms. The van der Waals surface area contributed by atoms with Gasteiger partial charge in [0, 0.05) is 0 Å². The Morgan fingerprint density at radius 3 is 2.56 bits per heavy atom. The number of hydrogen-bond acceptors (Lipinski definition) is 4. The van der Waals surface area contributed by atoms with Crippen molar-refractivity contribution in [3.05, 3.63) is 71.0 Å². The van der Waals surface area contributed by atoms with Crippen molar-refractivity contribution in [2.75, 3.05) is 13.7 Å². The Balaban J connectivity index is 2.16. The molecule has 1 heterocycles. The van der Waals surface area contributed by atoms with Crippen LogP contribution >= 0.6 is 0 Å². The van der Waals surface area contributed by atoms with Gasteiger partial charge in [-0.1, -0.05) is 12.1 Å². The summed E-state index contributed by atoms with van der Waals surface area (Å²) in [7, 11) is 1.55. The van der Waals surface area contributed by atoms with E-state index < -0.39 is 23.9 Å². The van der Waals surface area contributed by atoms with Gasteiger partial charge in [0.15, 0.2) is 0 Å². The molecule has 27 heavy (non-hydrogen) atoms. The van der Waals surface area contributed by atoms with Crippen molar-refractivity contribution in [1.29, 1.82) is 0 Å². The van der Waals surface area contributed by atoms with Crippen LogP contribution in [0, 0.1) is 5.82 Å². The fourth-order valence-electron chi connectivity index (χ4n) is 2.91. The summed E-state index contributed by atoms with van der Waals surface area (Å²) in [5.41, 5.74) is 1.57. The number of urea groups is 1. The first-order valence-corrected chi connectivity index (χ1v) is 8.42. The highest BCUT2D eigenvalue weighted by Crippen LogP contribution is 2.32. The van der Waals surface area contributed by atoms with Gasteiger partial charge < -0.3 is 20.1 Å². The topological polar surface area (TPSA) is 76.7 Å². The minimum Gasteiger partial charge on any atom is -0.497 e. The maximum Gasteiger partial charge on any atom is 0.338 e. The molecule has 7 heteroatoms. The van der Waals surface area contributed by atoms with Gasteiger partial charge in [-0.2, -0.15) is 0 Å². The van der Waals surface area contributed by atoms with E-state index in [1.807, 2.05) is 0 Å². The number of carbonyl (C=O) groups excluding carboxylic acids is 2. The predicted octanol–water partition coefficient (Wildman–Crippen LogP) is 3.16. The summed E-state index contributed by atoms with van der Waals surface area (Å²) >= 11 is 0. The second-order valence-electron chi connectivity index (χ2n) is 5.82. The van der Waals surface area contributed by atoms with E-state index in [1.165, 1.54) is 18.2 Å². The fourth-order valence-corrected chi connectivity index (χ4v) is 2.91. The molecule has 0 saturated carbocycles. The van der Waals surface area contributed by atoms with Gasteiger partial charge in [-0.25, -0.2) is 14.0 Å². The van der Waals surface area contributed by atoms with Gasteiger partial charge in [0.25, 0.3) is 0 Å². The monoisotopic (exact) mass is 370 g/mol. The molecule has 0 saturated heterocycles. The first-order chi connectivity index (χ1) is 13.0. The molecule has 2 N–H and O–H groups in total. The molecule has 1 aliphatic rings. The van der Waals surface area contributed by atoms with E-state index in [1.54, 1.807) is 44.4 Å². The van der Waals surface area contributed by atoms with E-state index in [4.69, 9.17) is 9.47 Å². The molecule has 3 rings (SSSR count). The van der Waals surface area contributed by atoms with Gasteiger partial charge in [0.2, 0.25) is 0 Å². The summed E-state index contributed by atoms with van der Waals surface area (Å²) in [6.07, 6.45) is 0. The van der Waals surface area contributed by atoms with Crippen LogP contribution in [0.3, 0.4) is 0 Å². The Labute approximate surface area is 156 Å². The van der Waals surface area contributed by atoms with Crippen molar-refractivity contribution in [2.24, 2.45) is 0 Å². The van der Waals surface area contributed by atoms with Crippen LogP contribution in [0.1, 0.15) is 24.1 Å². The highest BCUT2D eigenvalue weighted by Gasteiger charge is 2.34. The summed E-state index contributed by atoms with van der Waals surface area (Å²) in [6, 6.07) is 11.3. The minimum absolute atomic E-state index is 0.169. The summed E-state index contributed by atoms with van der Waals surface area (Å²) in [5, 5.41) is 5.34. The number of halogens is 1. The fraction of sp³-hybridized carbons (Fsp3) is 0.200. The zero-order chi connectivity index (χ0) is 19.4. The summed E-state index contributed by atoms with van der Waals surface area (Å²) in [4.78, 5) is 24.9. The first kappa shape index (κ1) is 18.4. The number of ether oxygens (including phenoxy) is 2. The summed E-state index contributed by atoms with van der Waals surface area (Å²) in [6.45, 7) is 1.86. The molecule has 0 aromatic heterocycles. The van der Waals surface area contributed by atoms with Gasteiger partial charge in [0.05, 0.1) is 31.0 Å². The second-order valence-corrected chi connectivity index (χ2v) is 5.82. The molecular weight excluding hydrogens is 351 g/mol. The molecular formula is C20H19FN2O4. The van der Waals surface area contributed by atoms with Crippen LogP contribution in [-0.4, -0.2) is 25.7 Å². The first-order valence-electron chi connectivity index (χ1n) is 8.42. The van der Waals surface area contributed by atoms with Gasteiger partial charge in [-0.15, -0.1) is 0 Å². The molecule has 0 aliphatic carbocycles. The molecule has 140 valence electrons. The Hall–Kier alpha value is -3.35. The third-order valence-corrected chi connectivity index (χ3v) is 4.13. The second kappa shape index (κ2) is 7.90. The third-order valence-electron chi connectivity index (χ3n) is 4.13. The van der Waals surface area contributed by atoms with E-state index in [0.717, 1.165) is 0 Å². The molecule has 0 fully saturated rings. The quantitative estimate of drug-likeness (QED) is 0.793. The molecule has 2 amide bonds. The van der Waals surface area contributed by atoms with Crippen LogP contribution in [0.15, 0.2) is 54.1 Å². The number of benzene rings is 2. The molecule has 2 aromatic carbocycles. The van der Waals surface area contributed by atoms with Gasteiger partial charge in [-0.3, -0.25) is 0 Å². The van der Waals surface area contributed by atoms with Crippen LogP contribution in [0.2, 0.25) is 0 Å². The van der Waals surface area contributed by atoms with Gasteiger partial charge in [0.1, 0.15) is 11.6 Å². The lowest BCUT2D eigenvalue weighted by Gasteiger charge is -2.29. The van der Waals surface area contributed by atoms with Crippen molar-refractivity contribution in [2.45, 2.75) is 13.0 Å². The molecule has 0 spiro atoms. The Morgan fingerprint density at radius 1 is 1.19 bits per heavy atom. The van der Waals surface area contributed by atoms with Crippen LogP contribution in [-0.2, 0) is 9.53 Å². The molecule has 1 aliphatic heterocycles. The highest BCUT2D eigenvalue weighted by molar-refractivity contribution is 6.04. The van der Waals surface area contributed by atoms with E-state index in [0.29, 0.717) is 22.6 Å². The number of methoxy groups -OCH3 is 1. The van der Waals surface area contributed by atoms with Crippen molar-refractivity contribution in [1.82, 2.24) is 10.6 Å². The van der Waals surface area contributed by atoms with E-state index in [9.17, 15) is 14.0 Å². The maximum atomic E-state index is 13.7. The lowest BCUT2D eigenvalue weighted by atomic mass is 9.92. The highest BCUT2D eigenvalue weighted by atomic mass is 19.1. The lowest BCUT2D eigenvalue weighted by molar-refractivity contribution is -0.138. The zero-order valence-corrected chi connectivity index (χ0v) is 14.9. The molecule has 1 unspecified atom stereocenters. The van der Waals surface area contributed by atoms with Gasteiger partial charge in [-0.05, 0) is 54.4 Å². The number of nitrogens with one attached hydrogen (secondary N) is 2. The van der Waals surface area contributed by atoms with Crippen LogP contribution in [0.4, 0.5) is 9.18 Å². The van der Waals surface area contributed by atoms with Crippen molar-refractivity contribution >= 4 is 17.7 Å². The van der Waals surface area contributed by atoms with E-state index in [2.05, 4.69) is 10.6 Å². The summed E-state index contributed by atoms with van der Waals surface area (Å²) in [5.74, 6) is -0.418. The zero-order valence-electron chi connectivity index (χ0n) is 14.9. The number of amides is 2. The number of hydrogen-bond donors (Lipinski definition) is 2. The van der Waals surface area contributed by atoms with Crippen LogP contribution < -0.4 is 15.4 Å². The Morgan fingerprint density at radius 2 is 1.93 bits per heavy atom. The lowest BCUT2D eigenvalue weighted by Crippen LogP contribution is -2.45. The molecule has 6 nitrogen and oxygen atoms in total. The number of carbonyl (C=O) groups is 2. The average Bonchev–Trinajstić information content (AvgIpc) is 2.67. The normalized spacial score (nSPS) is 16.4. The Bertz CT molecular complexity index is 893. The minimum atomic E-state index is -0.842. The smallest absolute Gasteiger partial charge is 0.338 e. The standard InChI is InChI=1S/C20H19FN2O4/c1-3-27-19(24)16-17(12-7-9-15(26-2)10-8-12)22-20(25)23-18(16)13-5-4-6-14(21)11-13/h4-11,18H,3H2,1-2H3,(H2,22,23,25). The van der Waals surface area contributed by atoms with Crippen LogP contribution in [0.25, 0.3) is 5.70 Å². The molecule has 1 atom stereocenters. The molecule has 2 aromatic rings. The van der Waals surface area contributed by atoms with E-state index >= 15 is 0 Å². The maximum absolute atomic E-state index is 13.7. The van der Waals surface area contributed by atoms with E-state index in [-0.39, 0.29) is 12.2 Å². The average molecular weight is 370 g/mol. The van der Waals surface area contributed by atoms with Crippen LogP contribution in [0.5, 0.6) is 5.75 Å². The van der Waals surface area contributed by atoms with Gasteiger partial charge >= 0.3 is 12.0 Å². The molecule has 0 radical (unpaired) electrons. The Kier molecular flexibility index (Phi) is 5.40. The van der Waals surface area contributed by atoms with Crippen molar-refractivity contribution < 1.29 is 23.5 Å². The van der Waals surface area contributed by atoms with Crippen molar-refractivity contribution in [3.63, 3.8) is 0 Å². The van der Waals surface area contributed by atoms with Crippen molar-refractivity contribution in [3.8, 4) is 5.75 Å².